The van der Waals surface area contributed by atoms with Gasteiger partial charge >= 0.3 is 0 Å². The summed E-state index contributed by atoms with van der Waals surface area (Å²) in [6, 6.07) is 0. The standard InChI is InChI=1S/C14H29N3O/c1-4-9-17(11-12-6-7-12)10-8-14(3,13(15)18)16-5-2/h12,16H,4-11H2,1-3H3,(H2,15,18). The SMILES string of the molecule is CCCN(CCC(C)(NCC)C(N)=O)CC1CC1. The Morgan fingerprint density at radius 3 is 2.50 bits per heavy atom. The van der Waals surface area contributed by atoms with Gasteiger partial charge in [-0.2, -0.15) is 0 Å². The zero-order valence-electron chi connectivity index (χ0n) is 12.2. The average Bonchev–Trinajstić information content (AvgIpc) is 3.10. The number of hydrogen-bond acceptors (Lipinski definition) is 3. The summed E-state index contributed by atoms with van der Waals surface area (Å²) in [7, 11) is 0. The molecule has 0 radical (unpaired) electrons. The van der Waals surface area contributed by atoms with Crippen molar-refractivity contribution >= 4 is 5.91 Å². The Kier molecular flexibility index (Phi) is 6.09. The van der Waals surface area contributed by atoms with Gasteiger partial charge in [0.2, 0.25) is 5.91 Å². The molecule has 1 unspecified atom stereocenters. The van der Waals surface area contributed by atoms with Crippen LogP contribution in [-0.2, 0) is 4.79 Å². The number of nitrogens with one attached hydrogen (secondary N) is 1. The summed E-state index contributed by atoms with van der Waals surface area (Å²) in [5.74, 6) is 0.655. The van der Waals surface area contributed by atoms with E-state index >= 15 is 0 Å². The summed E-state index contributed by atoms with van der Waals surface area (Å²) < 4.78 is 0. The summed E-state index contributed by atoms with van der Waals surface area (Å²) in [6.07, 6.45) is 4.71. The number of primary amides is 1. The van der Waals surface area contributed by atoms with Gasteiger partial charge in [-0.3, -0.25) is 4.79 Å². The fourth-order valence-corrected chi connectivity index (χ4v) is 2.35. The number of carbonyl (C=O) groups excluding carboxylic acids is 1. The second kappa shape index (κ2) is 7.10. The molecule has 3 N–H and O–H groups in total. The fraction of sp³-hybridized carbons (Fsp3) is 0.929. The van der Waals surface area contributed by atoms with Crippen molar-refractivity contribution in [3.8, 4) is 0 Å². The third kappa shape index (κ3) is 4.94. The second-order valence-electron chi connectivity index (χ2n) is 5.72. The van der Waals surface area contributed by atoms with Crippen LogP contribution in [0, 0.1) is 5.92 Å². The van der Waals surface area contributed by atoms with E-state index in [0.717, 1.165) is 32.0 Å². The van der Waals surface area contributed by atoms with Crippen LogP contribution in [0.15, 0.2) is 0 Å². The fourth-order valence-electron chi connectivity index (χ4n) is 2.35. The molecule has 0 aromatic carbocycles. The monoisotopic (exact) mass is 255 g/mol. The van der Waals surface area contributed by atoms with Crippen molar-refractivity contribution in [2.24, 2.45) is 11.7 Å². The van der Waals surface area contributed by atoms with Crippen LogP contribution < -0.4 is 11.1 Å². The molecule has 1 fully saturated rings. The van der Waals surface area contributed by atoms with Crippen LogP contribution in [0.1, 0.15) is 46.5 Å². The minimum Gasteiger partial charge on any atom is -0.368 e. The molecular formula is C14H29N3O. The maximum absolute atomic E-state index is 11.6. The maximum Gasteiger partial charge on any atom is 0.237 e. The Labute approximate surface area is 111 Å². The predicted octanol–water partition coefficient (Wildman–Crippen LogP) is 1.35. The van der Waals surface area contributed by atoms with Crippen molar-refractivity contribution in [2.75, 3.05) is 26.2 Å². The molecule has 0 saturated heterocycles. The maximum atomic E-state index is 11.6. The molecular weight excluding hydrogens is 226 g/mol. The smallest absolute Gasteiger partial charge is 0.237 e. The summed E-state index contributed by atoms with van der Waals surface area (Å²) in [5.41, 5.74) is 4.95. The molecule has 0 aromatic rings. The van der Waals surface area contributed by atoms with Crippen LogP contribution in [0.5, 0.6) is 0 Å². The van der Waals surface area contributed by atoms with Crippen LogP contribution in [0.2, 0.25) is 0 Å². The van der Waals surface area contributed by atoms with Gasteiger partial charge in [0.05, 0.1) is 5.54 Å². The lowest BCUT2D eigenvalue weighted by atomic mass is 9.96. The molecule has 1 rings (SSSR count). The molecule has 1 aliphatic carbocycles. The van der Waals surface area contributed by atoms with E-state index in [4.69, 9.17) is 5.73 Å². The summed E-state index contributed by atoms with van der Waals surface area (Å²) in [5, 5.41) is 3.22. The number of likely N-dealkylation sites (N-methyl/N-ethyl adjacent to an activating group) is 1. The van der Waals surface area contributed by atoms with Crippen molar-refractivity contribution < 1.29 is 4.79 Å². The molecule has 1 amide bonds. The van der Waals surface area contributed by atoms with E-state index in [9.17, 15) is 4.79 Å². The number of hydrogen-bond donors (Lipinski definition) is 2. The molecule has 4 nitrogen and oxygen atoms in total. The lowest BCUT2D eigenvalue weighted by Gasteiger charge is -2.30. The van der Waals surface area contributed by atoms with Crippen molar-refractivity contribution in [3.63, 3.8) is 0 Å². The molecule has 0 spiro atoms. The molecule has 1 atom stereocenters. The van der Waals surface area contributed by atoms with Crippen LogP contribution in [0.3, 0.4) is 0 Å². The van der Waals surface area contributed by atoms with Crippen LogP contribution in [0.25, 0.3) is 0 Å². The Balaban J connectivity index is 2.43. The Morgan fingerprint density at radius 2 is 2.06 bits per heavy atom. The topological polar surface area (TPSA) is 58.4 Å². The van der Waals surface area contributed by atoms with E-state index in [1.165, 1.54) is 25.8 Å². The Morgan fingerprint density at radius 1 is 1.39 bits per heavy atom. The minimum absolute atomic E-state index is 0.243. The second-order valence-corrected chi connectivity index (χ2v) is 5.72. The first-order valence-electron chi connectivity index (χ1n) is 7.29. The predicted molar refractivity (Wildman–Crippen MR) is 75.3 cm³/mol. The quantitative estimate of drug-likeness (QED) is 0.619. The minimum atomic E-state index is -0.565. The summed E-state index contributed by atoms with van der Waals surface area (Å²) >= 11 is 0. The number of rotatable bonds is 10. The molecule has 1 aliphatic rings. The van der Waals surface area contributed by atoms with Gasteiger partial charge in [0.25, 0.3) is 0 Å². The van der Waals surface area contributed by atoms with E-state index in [1.807, 2.05) is 13.8 Å². The number of nitrogens with two attached hydrogens (primary N) is 1. The molecule has 18 heavy (non-hydrogen) atoms. The van der Waals surface area contributed by atoms with Gasteiger partial charge in [-0.1, -0.05) is 13.8 Å². The molecule has 1 saturated carbocycles. The summed E-state index contributed by atoms with van der Waals surface area (Å²) in [4.78, 5) is 14.0. The van der Waals surface area contributed by atoms with E-state index in [2.05, 4.69) is 17.1 Å². The molecule has 0 aliphatic heterocycles. The highest BCUT2D eigenvalue weighted by molar-refractivity contribution is 5.84. The largest absolute Gasteiger partial charge is 0.368 e. The average molecular weight is 255 g/mol. The Bertz CT molecular complexity index is 266. The molecule has 0 aromatic heterocycles. The normalized spacial score (nSPS) is 18.9. The van der Waals surface area contributed by atoms with Gasteiger partial charge in [-0.05, 0) is 51.6 Å². The van der Waals surface area contributed by atoms with Crippen LogP contribution >= 0.6 is 0 Å². The molecule has 0 heterocycles. The van der Waals surface area contributed by atoms with Crippen LogP contribution in [0.4, 0.5) is 0 Å². The lowest BCUT2D eigenvalue weighted by molar-refractivity contribution is -0.124. The van der Waals surface area contributed by atoms with Crippen molar-refractivity contribution in [3.05, 3.63) is 0 Å². The molecule has 4 heteroatoms. The number of amides is 1. The van der Waals surface area contributed by atoms with Gasteiger partial charge in [0.1, 0.15) is 0 Å². The van der Waals surface area contributed by atoms with E-state index in [-0.39, 0.29) is 5.91 Å². The highest BCUT2D eigenvalue weighted by Crippen LogP contribution is 2.30. The highest BCUT2D eigenvalue weighted by Gasteiger charge is 2.31. The number of nitrogens with zero attached hydrogens (tertiary/aromatic N) is 1. The zero-order valence-corrected chi connectivity index (χ0v) is 12.2. The molecule has 0 bridgehead atoms. The van der Waals surface area contributed by atoms with E-state index < -0.39 is 5.54 Å². The highest BCUT2D eigenvalue weighted by atomic mass is 16.1. The lowest BCUT2D eigenvalue weighted by Crippen LogP contribution is -2.54. The number of carbonyl (C=O) groups is 1. The van der Waals surface area contributed by atoms with Gasteiger partial charge in [-0.25, -0.2) is 0 Å². The van der Waals surface area contributed by atoms with Gasteiger partial charge < -0.3 is 16.0 Å². The Hall–Kier alpha value is -0.610. The van der Waals surface area contributed by atoms with Crippen molar-refractivity contribution in [2.45, 2.75) is 52.0 Å². The van der Waals surface area contributed by atoms with Crippen molar-refractivity contribution in [1.82, 2.24) is 10.2 Å². The first-order chi connectivity index (χ1) is 8.51. The van der Waals surface area contributed by atoms with Gasteiger partial charge in [0, 0.05) is 13.1 Å². The van der Waals surface area contributed by atoms with Crippen LogP contribution in [-0.4, -0.2) is 42.5 Å². The third-order valence-electron chi connectivity index (χ3n) is 3.79. The first-order valence-corrected chi connectivity index (χ1v) is 7.29. The van der Waals surface area contributed by atoms with E-state index in [0.29, 0.717) is 0 Å². The zero-order chi connectivity index (χ0) is 13.6. The third-order valence-corrected chi connectivity index (χ3v) is 3.79. The van der Waals surface area contributed by atoms with Gasteiger partial charge in [0.15, 0.2) is 0 Å². The summed E-state index contributed by atoms with van der Waals surface area (Å²) in [6.45, 7) is 10.2. The molecule has 106 valence electrons. The van der Waals surface area contributed by atoms with Gasteiger partial charge in [-0.15, -0.1) is 0 Å². The first kappa shape index (κ1) is 15.4. The van der Waals surface area contributed by atoms with E-state index in [1.54, 1.807) is 0 Å². The van der Waals surface area contributed by atoms with Crippen molar-refractivity contribution in [1.29, 1.82) is 0 Å².